The molecule has 0 radical (unpaired) electrons. The van der Waals surface area contributed by atoms with Crippen LogP contribution in [0.2, 0.25) is 0 Å². The highest BCUT2D eigenvalue weighted by Crippen LogP contribution is 2.26. The minimum atomic E-state index is -0.859. The first-order chi connectivity index (χ1) is 7.10. The molecule has 0 atom stereocenters. The summed E-state index contributed by atoms with van der Waals surface area (Å²) in [6, 6.07) is 0. The Morgan fingerprint density at radius 1 is 1.20 bits per heavy atom. The molecule has 1 aliphatic carbocycles. The van der Waals surface area contributed by atoms with Gasteiger partial charge in [-0.2, -0.15) is 0 Å². The molecule has 4 nitrogen and oxygen atoms in total. The van der Waals surface area contributed by atoms with Gasteiger partial charge in [0.1, 0.15) is 11.4 Å². The van der Waals surface area contributed by atoms with Crippen LogP contribution in [0.3, 0.4) is 0 Å². The number of carbonyl (C=O) groups excluding carboxylic acids is 2. The number of nitrogens with one attached hydrogen (secondary N) is 1. The number of halogens is 1. The minimum Gasteiger partial charge on any atom is -0.368 e. The molecule has 1 aliphatic rings. The molecule has 0 aromatic rings. The predicted octanol–water partition coefficient (Wildman–Crippen LogP) is 0.920. The fraction of sp³-hybridized carbons (Fsp3) is 0.800. The Morgan fingerprint density at radius 2 is 1.73 bits per heavy atom. The molecular weight excluding hydrogens is 216 g/mol. The summed E-state index contributed by atoms with van der Waals surface area (Å²) < 4.78 is 0. The number of hydrogen-bond acceptors (Lipinski definition) is 2. The van der Waals surface area contributed by atoms with E-state index in [0.29, 0.717) is 12.8 Å². The van der Waals surface area contributed by atoms with E-state index in [9.17, 15) is 9.59 Å². The third kappa shape index (κ3) is 3.09. The quantitative estimate of drug-likeness (QED) is 0.561. The van der Waals surface area contributed by atoms with E-state index < -0.39 is 11.4 Å². The molecule has 1 fully saturated rings. The summed E-state index contributed by atoms with van der Waals surface area (Å²) in [4.78, 5) is 22.7. The Hall–Kier alpha value is -0.770. The molecular formula is C10H17ClN2O2. The lowest BCUT2D eigenvalue weighted by Crippen LogP contribution is -2.57. The van der Waals surface area contributed by atoms with Gasteiger partial charge < -0.3 is 11.1 Å². The first-order valence-electron chi connectivity index (χ1n) is 5.27. The van der Waals surface area contributed by atoms with E-state index >= 15 is 0 Å². The lowest BCUT2D eigenvalue weighted by Gasteiger charge is -2.30. The number of alkyl halides is 1. The van der Waals surface area contributed by atoms with E-state index in [4.69, 9.17) is 17.3 Å². The van der Waals surface area contributed by atoms with E-state index in [0.717, 1.165) is 25.7 Å². The highest BCUT2D eigenvalue weighted by atomic mass is 35.5. The zero-order chi connectivity index (χ0) is 11.3. The molecule has 0 saturated heterocycles. The van der Waals surface area contributed by atoms with Crippen LogP contribution < -0.4 is 11.1 Å². The summed E-state index contributed by atoms with van der Waals surface area (Å²) in [5, 5.41) is 2.68. The lowest BCUT2D eigenvalue weighted by atomic mass is 9.89. The van der Waals surface area contributed by atoms with Crippen LogP contribution >= 0.6 is 11.6 Å². The molecule has 0 heterocycles. The summed E-state index contributed by atoms with van der Waals surface area (Å²) in [6.45, 7) is 0. The maximum absolute atomic E-state index is 11.4. The maximum Gasteiger partial charge on any atom is 0.243 e. The van der Waals surface area contributed by atoms with Gasteiger partial charge >= 0.3 is 0 Å². The number of amides is 2. The third-order valence-electron chi connectivity index (χ3n) is 2.93. The fourth-order valence-corrected chi connectivity index (χ4v) is 2.13. The number of nitrogens with two attached hydrogens (primary N) is 1. The van der Waals surface area contributed by atoms with Crippen molar-refractivity contribution >= 4 is 23.4 Å². The SMILES string of the molecule is NC(=O)C1(NC(=O)CCl)CCCCCC1. The largest absolute Gasteiger partial charge is 0.368 e. The molecule has 0 bridgehead atoms. The van der Waals surface area contributed by atoms with Crippen LogP contribution in [0.25, 0.3) is 0 Å². The van der Waals surface area contributed by atoms with Gasteiger partial charge in [-0.3, -0.25) is 9.59 Å². The summed E-state index contributed by atoms with van der Waals surface area (Å²) in [5.41, 5.74) is 4.52. The summed E-state index contributed by atoms with van der Waals surface area (Å²) >= 11 is 5.41. The van der Waals surface area contributed by atoms with Crippen LogP contribution in [0.15, 0.2) is 0 Å². The molecule has 2 amide bonds. The smallest absolute Gasteiger partial charge is 0.243 e. The van der Waals surface area contributed by atoms with Crippen LogP contribution in [0.4, 0.5) is 0 Å². The van der Waals surface area contributed by atoms with Gasteiger partial charge in [0.05, 0.1) is 0 Å². The van der Waals surface area contributed by atoms with E-state index in [1.807, 2.05) is 0 Å². The highest BCUT2D eigenvalue weighted by molar-refractivity contribution is 6.27. The van der Waals surface area contributed by atoms with E-state index in [-0.39, 0.29) is 11.8 Å². The average Bonchev–Trinajstić information content (AvgIpc) is 2.44. The van der Waals surface area contributed by atoms with Crippen molar-refractivity contribution in [1.82, 2.24) is 5.32 Å². The van der Waals surface area contributed by atoms with Gasteiger partial charge in [-0.25, -0.2) is 0 Å². The van der Waals surface area contributed by atoms with Gasteiger partial charge in [-0.15, -0.1) is 11.6 Å². The number of rotatable bonds is 3. The number of hydrogen-bond donors (Lipinski definition) is 2. The standard InChI is InChI=1S/C10H17ClN2O2/c11-7-8(14)13-10(9(12)15)5-3-1-2-4-6-10/h1-7H2,(H2,12,15)(H,13,14). The van der Waals surface area contributed by atoms with Crippen molar-refractivity contribution in [3.05, 3.63) is 0 Å². The van der Waals surface area contributed by atoms with E-state index in [2.05, 4.69) is 5.32 Å². The Morgan fingerprint density at radius 3 is 2.13 bits per heavy atom. The second-order valence-electron chi connectivity index (χ2n) is 4.04. The fourth-order valence-electron chi connectivity index (χ4n) is 2.07. The van der Waals surface area contributed by atoms with Crippen LogP contribution in [-0.2, 0) is 9.59 Å². The van der Waals surface area contributed by atoms with E-state index in [1.165, 1.54) is 0 Å². The normalized spacial score (nSPS) is 20.3. The van der Waals surface area contributed by atoms with Crippen molar-refractivity contribution in [1.29, 1.82) is 0 Å². The molecule has 0 aromatic carbocycles. The molecule has 0 spiro atoms. The summed E-state index contributed by atoms with van der Waals surface area (Å²) in [7, 11) is 0. The van der Waals surface area contributed by atoms with Crippen molar-refractivity contribution in [3.8, 4) is 0 Å². The summed E-state index contributed by atoms with van der Waals surface area (Å²) in [5.74, 6) is -0.894. The van der Waals surface area contributed by atoms with Crippen LogP contribution in [-0.4, -0.2) is 23.2 Å². The minimum absolute atomic E-state index is 0.130. The molecule has 15 heavy (non-hydrogen) atoms. The van der Waals surface area contributed by atoms with Gasteiger partial charge in [-0.1, -0.05) is 25.7 Å². The van der Waals surface area contributed by atoms with Crippen molar-refractivity contribution < 1.29 is 9.59 Å². The Labute approximate surface area is 94.5 Å². The van der Waals surface area contributed by atoms with Crippen molar-refractivity contribution in [2.45, 2.75) is 44.1 Å². The second kappa shape index (κ2) is 5.35. The molecule has 1 rings (SSSR count). The Balaban J connectivity index is 2.75. The topological polar surface area (TPSA) is 72.2 Å². The monoisotopic (exact) mass is 232 g/mol. The van der Waals surface area contributed by atoms with Gasteiger partial charge in [0.2, 0.25) is 11.8 Å². The van der Waals surface area contributed by atoms with Gasteiger partial charge in [-0.05, 0) is 12.8 Å². The van der Waals surface area contributed by atoms with Gasteiger partial charge in [0, 0.05) is 0 Å². The first-order valence-corrected chi connectivity index (χ1v) is 5.81. The van der Waals surface area contributed by atoms with Crippen molar-refractivity contribution in [2.75, 3.05) is 5.88 Å². The molecule has 0 aliphatic heterocycles. The highest BCUT2D eigenvalue weighted by Gasteiger charge is 2.37. The van der Waals surface area contributed by atoms with Crippen LogP contribution in [0, 0.1) is 0 Å². The zero-order valence-corrected chi connectivity index (χ0v) is 9.48. The molecule has 3 N–H and O–H groups in total. The Bertz CT molecular complexity index is 248. The maximum atomic E-state index is 11.4. The van der Waals surface area contributed by atoms with Crippen molar-refractivity contribution in [3.63, 3.8) is 0 Å². The van der Waals surface area contributed by atoms with Gasteiger partial charge in [0.25, 0.3) is 0 Å². The van der Waals surface area contributed by atoms with Crippen molar-refractivity contribution in [2.24, 2.45) is 5.73 Å². The number of carbonyl (C=O) groups is 2. The average molecular weight is 233 g/mol. The predicted molar refractivity (Wildman–Crippen MR) is 58.5 cm³/mol. The summed E-state index contributed by atoms with van der Waals surface area (Å²) in [6.07, 6.45) is 5.28. The van der Waals surface area contributed by atoms with E-state index in [1.54, 1.807) is 0 Å². The van der Waals surface area contributed by atoms with Crippen LogP contribution in [0.1, 0.15) is 38.5 Å². The molecule has 5 heteroatoms. The molecule has 0 aromatic heterocycles. The van der Waals surface area contributed by atoms with Gasteiger partial charge in [0.15, 0.2) is 0 Å². The molecule has 1 saturated carbocycles. The third-order valence-corrected chi connectivity index (χ3v) is 3.17. The zero-order valence-electron chi connectivity index (χ0n) is 8.72. The first kappa shape index (κ1) is 12.3. The lowest BCUT2D eigenvalue weighted by molar-refractivity contribution is -0.131. The molecule has 86 valence electrons. The number of primary amides is 1. The molecule has 0 unspecified atom stereocenters. The Kier molecular flexibility index (Phi) is 4.39. The van der Waals surface area contributed by atoms with Crippen LogP contribution in [0.5, 0.6) is 0 Å². The second-order valence-corrected chi connectivity index (χ2v) is 4.31.